The first-order valence-corrected chi connectivity index (χ1v) is 38.1. The number of amides is 6. The molecule has 0 aliphatic carbocycles. The minimum atomic E-state index is -3.16. The van der Waals surface area contributed by atoms with Crippen molar-refractivity contribution in [2.45, 2.75) is 201 Å². The third-order valence-corrected chi connectivity index (χ3v) is 8.95. The number of urea groups is 2. The van der Waals surface area contributed by atoms with Gasteiger partial charge in [-0.1, -0.05) is 17.4 Å². The Balaban J connectivity index is -0.0000000806. The predicted molar refractivity (Wildman–Crippen MR) is 454 cm³/mol. The molecule has 0 radical (unpaired) electrons. The number of hydrogen-bond acceptors (Lipinski definition) is 29. The van der Waals surface area contributed by atoms with Crippen LogP contribution in [0.25, 0.3) is 0 Å². The summed E-state index contributed by atoms with van der Waals surface area (Å²) in [4.78, 5) is 68.1. The molecule has 0 aliphatic rings. The Labute approximate surface area is 649 Å². The van der Waals surface area contributed by atoms with Crippen LogP contribution in [0.1, 0.15) is 201 Å². The van der Waals surface area contributed by atoms with Crippen LogP contribution in [-0.2, 0) is 73.2 Å². The van der Waals surface area contributed by atoms with Crippen molar-refractivity contribution in [1.29, 1.82) is 0 Å². The highest BCUT2D eigenvalue weighted by Crippen LogP contribution is 1.80. The Morgan fingerprint density at radius 1 is 0.434 bits per heavy atom. The first-order chi connectivity index (χ1) is 48.6. The molecule has 42 nitrogen and oxygen atoms in total. The Morgan fingerprint density at radius 3 is 0.991 bits per heavy atom. The molecule has 0 fully saturated rings. The number of rotatable bonds is 22. The summed E-state index contributed by atoms with van der Waals surface area (Å²) in [6.07, 6.45) is 2.04. The molecule has 0 rings (SSSR count). The molecule has 4 atom stereocenters. The van der Waals surface area contributed by atoms with Crippen molar-refractivity contribution in [3.8, 4) is 0 Å². The molecular weight excluding hydrogens is 1500 g/mol. The minimum Gasteiger partial charge on any atom is -0.452 e. The molecule has 6 amide bonds. The van der Waals surface area contributed by atoms with E-state index in [0.29, 0.717) is 10.7 Å². The number of thiocarbonyl (C=S) groups is 1. The van der Waals surface area contributed by atoms with E-state index >= 15 is 0 Å². The average molecular weight is 1640 g/mol. The van der Waals surface area contributed by atoms with Crippen molar-refractivity contribution in [3.63, 3.8) is 0 Å². The van der Waals surface area contributed by atoms with Gasteiger partial charge in [0.15, 0.2) is 0 Å². The zero-order valence-electron chi connectivity index (χ0n) is 70.3. The second kappa shape index (κ2) is 95.0. The first kappa shape index (κ1) is 128. The Morgan fingerprint density at radius 2 is 0.783 bits per heavy atom. The van der Waals surface area contributed by atoms with Gasteiger partial charge >= 0.3 is 18.2 Å². The number of methoxy groups -OCH3 is 1. The van der Waals surface area contributed by atoms with E-state index < -0.39 is 60.7 Å². The molecule has 0 aliphatic heterocycles. The Kier molecular flexibility index (Phi) is 114. The van der Waals surface area contributed by atoms with Gasteiger partial charge in [-0.3, -0.25) is 29.8 Å². The largest absolute Gasteiger partial charge is 0.452 e. The number of hydrogen-bond donors (Lipinski definition) is 16. The molecule has 0 aromatic rings. The number of oxime groups is 1. The highest BCUT2D eigenvalue weighted by atomic mass is 32.2. The number of hydrazine groups is 2. The number of hydrazone groups is 10. The molecule has 16 N–H and O–H groups in total. The summed E-state index contributed by atoms with van der Waals surface area (Å²) in [6, 6.07) is -0.667. The number of carbonyl (C=O) groups is 4. The van der Waals surface area contributed by atoms with E-state index in [1.807, 2.05) is 123 Å². The van der Waals surface area contributed by atoms with E-state index in [9.17, 15) is 44.4 Å². The summed E-state index contributed by atoms with van der Waals surface area (Å²) in [5.41, 5.74) is 30.4. The molecule has 48 heteroatoms. The number of aliphatic imine (C=N–C) groups is 2. The lowest BCUT2D eigenvalue weighted by Crippen LogP contribution is -2.40. The van der Waals surface area contributed by atoms with Crippen molar-refractivity contribution in [1.82, 2.24) is 82.4 Å². The molecular formula is C58H135N29O13S6. The highest BCUT2D eigenvalue weighted by Gasteiger charge is 1.96. The second-order valence-electron chi connectivity index (χ2n) is 21.0. The van der Waals surface area contributed by atoms with Crippen LogP contribution < -0.4 is 82.4 Å². The molecule has 0 spiro atoms. The SMILES string of the molecule is CC(=O)NN=C(C)C.CC(=S)NN=C(C)C.CC(C)=NNS(C)(=O)=O.CC(C)=NNS(C)=O.CCN=C(C)C.CN=C(C)C.CNC(=O)NN=C(C)C.CNNC(=O)NN=C(C)C.CNNS(=O)NN=C(C)C.CNS(=O)NN=C(C)C.COC(=O)NN=C(C)C.CON=C(C)C.COS(=O)NN=C(C)C. The fraction of sp³-hybridized carbons (Fsp3) is 0.690. The van der Waals surface area contributed by atoms with Crippen LogP contribution in [0.3, 0.4) is 0 Å². The third-order valence-electron chi connectivity index (χ3n) is 6.27. The molecule has 0 aromatic carbocycles. The normalized spacial score (nSPS) is 9.58. The van der Waals surface area contributed by atoms with Crippen molar-refractivity contribution in [2.75, 3.05) is 75.6 Å². The number of sulfonamides is 1. The first-order valence-electron chi connectivity index (χ1n) is 30.9. The summed E-state index contributed by atoms with van der Waals surface area (Å²) in [7, 11) is 8.12. The molecule has 4 unspecified atom stereocenters. The van der Waals surface area contributed by atoms with E-state index in [-0.39, 0.29) is 18.0 Å². The van der Waals surface area contributed by atoms with Gasteiger partial charge in [-0.15, -0.1) is 0 Å². The Hall–Kier alpha value is -7.97. The molecule has 106 heavy (non-hydrogen) atoms. The van der Waals surface area contributed by atoms with Crippen LogP contribution in [0.5, 0.6) is 0 Å². The van der Waals surface area contributed by atoms with Crippen LogP contribution >= 0.6 is 12.2 Å². The van der Waals surface area contributed by atoms with Crippen LogP contribution in [-0.4, -0.2) is 204 Å². The monoisotopic (exact) mass is 1640 g/mol. The summed E-state index contributed by atoms with van der Waals surface area (Å²) < 4.78 is 73.5. The van der Waals surface area contributed by atoms with Gasteiger partial charge in [-0.2, -0.15) is 55.8 Å². The van der Waals surface area contributed by atoms with E-state index in [1.54, 1.807) is 104 Å². The lowest BCUT2D eigenvalue weighted by molar-refractivity contribution is -0.118. The quantitative estimate of drug-likeness (QED) is 0.0348. The van der Waals surface area contributed by atoms with E-state index in [1.165, 1.54) is 41.6 Å². The van der Waals surface area contributed by atoms with Gasteiger partial charge in [0.25, 0.3) is 11.3 Å². The van der Waals surface area contributed by atoms with Gasteiger partial charge in [0.05, 0.1) is 31.2 Å². The van der Waals surface area contributed by atoms with Crippen molar-refractivity contribution >= 4 is 170 Å². The molecule has 0 saturated heterocycles. The molecule has 626 valence electrons. The van der Waals surface area contributed by atoms with Crippen LogP contribution in [0, 0.1) is 0 Å². The van der Waals surface area contributed by atoms with Crippen molar-refractivity contribution in [3.05, 3.63) is 0 Å². The predicted octanol–water partition coefficient (Wildman–Crippen LogP) is 5.75. The maximum absolute atomic E-state index is 10.7. The fourth-order valence-corrected chi connectivity index (χ4v) is 4.42. The van der Waals surface area contributed by atoms with Crippen LogP contribution in [0.2, 0.25) is 0 Å². The second-order valence-corrected chi connectivity index (χ2v) is 27.5. The van der Waals surface area contributed by atoms with Gasteiger partial charge in [0, 0.05) is 109 Å². The summed E-state index contributed by atoms with van der Waals surface area (Å²) >= 11 is 0.636. The van der Waals surface area contributed by atoms with Gasteiger partial charge in [-0.05, 0) is 208 Å². The number of ether oxygens (including phenoxy) is 1. The molecule has 0 bridgehead atoms. The number of nitrogens with one attached hydrogen (secondary N) is 16. The van der Waals surface area contributed by atoms with E-state index in [0.717, 1.165) is 81.3 Å². The lowest BCUT2D eigenvalue weighted by Gasteiger charge is -2.00. The zero-order valence-corrected chi connectivity index (χ0v) is 75.2. The van der Waals surface area contributed by atoms with E-state index in [2.05, 4.69) is 158 Å². The maximum atomic E-state index is 10.7. The maximum Gasteiger partial charge on any atom is 0.427 e. The summed E-state index contributed by atoms with van der Waals surface area (Å²) in [6.45, 7) is 54.0. The van der Waals surface area contributed by atoms with Crippen molar-refractivity contribution < 1.29 is 58.2 Å². The van der Waals surface area contributed by atoms with E-state index in [4.69, 9.17) is 12.2 Å². The highest BCUT2D eigenvalue weighted by molar-refractivity contribution is 7.88. The third kappa shape index (κ3) is 205. The van der Waals surface area contributed by atoms with Crippen LogP contribution in [0.4, 0.5) is 14.4 Å². The average Bonchev–Trinajstić information content (AvgIpc) is 0.990. The standard InChI is InChI=1S/C5H12N4O.C5H11N3O.C5H10N2O2.C5H10N2O.C5H10N2S.C5H11N.C4H12N4OS.C4H11N3OS.2C4H10N2O2S.C4H10N2OS.C4H9NO.C4H9N/c1-4(2)7-9-5(10)8-6-3;1-4(2)7-8-5(9)6-3;1-4(2)6-7-5(8)9-3;2*1-4(2)6-7-5(3)8;1-4-6-5(2)3;1-4(2)6-8-10(9)7-5-3;1-4(2)6-7-9(8)5-3;1-4(2)5-6-9(3,7)8;1-4(2)5-6-9(7)8-3;1-4(2)5-6-8(3)7;1-4(2)5-6-3;1-4(2)5-3/h6H,1-3H3,(H2,8,9,10);1-3H3,(H2,6,8,9);1-3H3,(H,7,8);2*1-3H3,(H,7,8);4H2,1-3H3;5,7-8H,1-3H3;5,7H,1-3H3;2*6H,1-3H3;6H,1-3H3;1-3H3;1-3H3. The summed E-state index contributed by atoms with van der Waals surface area (Å²) in [5.74, 6) is -0.133. The van der Waals surface area contributed by atoms with Gasteiger partial charge in [0.1, 0.15) is 18.1 Å². The van der Waals surface area contributed by atoms with Gasteiger partial charge < -0.3 is 14.9 Å². The summed E-state index contributed by atoms with van der Waals surface area (Å²) in [5, 5.41) is 42.5. The number of nitrogens with zero attached hydrogens (tertiary/aromatic N) is 13. The van der Waals surface area contributed by atoms with Crippen LogP contribution in [0.15, 0.2) is 66.2 Å². The fourth-order valence-electron chi connectivity index (χ4n) is 2.53. The van der Waals surface area contributed by atoms with Gasteiger partial charge in [0.2, 0.25) is 38.3 Å². The molecule has 0 aromatic heterocycles. The molecule has 0 heterocycles. The van der Waals surface area contributed by atoms with Crippen molar-refractivity contribution in [2.24, 2.45) is 66.2 Å². The molecule has 0 saturated carbocycles. The zero-order chi connectivity index (χ0) is 86.5. The minimum absolute atomic E-state index is 0.133. The topological polar surface area (TPSA) is 552 Å². The lowest BCUT2D eigenvalue weighted by atomic mass is 10.5. The number of carbonyl (C=O) groups excluding carboxylic acids is 4. The smallest absolute Gasteiger partial charge is 0.427 e. The van der Waals surface area contributed by atoms with Gasteiger partial charge in [-0.25, -0.2) is 101 Å². The Bertz CT molecular complexity index is 2660.